The summed E-state index contributed by atoms with van der Waals surface area (Å²) in [6, 6.07) is 15.1. The lowest BCUT2D eigenvalue weighted by Crippen LogP contribution is -2.31. The van der Waals surface area contributed by atoms with Crippen molar-refractivity contribution in [1.29, 1.82) is 0 Å². The summed E-state index contributed by atoms with van der Waals surface area (Å²) in [6.45, 7) is 0.0426. The summed E-state index contributed by atoms with van der Waals surface area (Å²) in [5.74, 6) is -0.318. The molecule has 1 heterocycles. The summed E-state index contributed by atoms with van der Waals surface area (Å²) in [4.78, 5) is 39.6. The number of pyridine rings is 1. The third kappa shape index (κ3) is 5.84. The van der Waals surface area contributed by atoms with Gasteiger partial charge in [-0.15, -0.1) is 0 Å². The number of aromatic nitrogens is 1. The molecule has 2 amide bonds. The second-order valence-electron chi connectivity index (χ2n) is 8.02. The minimum atomic E-state index is -0.673. The number of aliphatic hydroxyl groups excluding tert-OH is 1. The summed E-state index contributed by atoms with van der Waals surface area (Å²) >= 11 is 5.83. The smallest absolute Gasteiger partial charge is 0.262 e. The Morgan fingerprint density at radius 3 is 2.59 bits per heavy atom. The van der Waals surface area contributed by atoms with Crippen LogP contribution in [-0.4, -0.2) is 28.5 Å². The van der Waals surface area contributed by atoms with Crippen LogP contribution in [0.5, 0.6) is 5.75 Å². The van der Waals surface area contributed by atoms with Crippen molar-refractivity contribution in [2.24, 2.45) is 0 Å². The number of aryl methyl sites for hydroxylation is 1. The van der Waals surface area contributed by atoms with E-state index in [1.807, 2.05) is 0 Å². The zero-order chi connectivity index (χ0) is 24.1. The summed E-state index contributed by atoms with van der Waals surface area (Å²) in [5.41, 5.74) is 2.23. The number of anilines is 1. The number of amides is 2. The van der Waals surface area contributed by atoms with E-state index in [-0.39, 0.29) is 24.6 Å². The molecule has 0 aliphatic heterocycles. The van der Waals surface area contributed by atoms with Gasteiger partial charge in [0.15, 0.2) is 6.61 Å². The number of hydrogen-bond acceptors (Lipinski definition) is 5. The molecule has 1 aliphatic rings. The fraction of sp³-hybridized carbons (Fsp3) is 0.240. The number of carbonyl (C=O) groups excluding carboxylic acids is 2. The van der Waals surface area contributed by atoms with Crippen molar-refractivity contribution in [2.75, 3.05) is 11.9 Å². The van der Waals surface area contributed by atoms with Crippen molar-refractivity contribution in [3.63, 3.8) is 0 Å². The van der Waals surface area contributed by atoms with Gasteiger partial charge in [-0.25, -0.2) is 0 Å². The number of carbonyl (C=O) groups is 2. The van der Waals surface area contributed by atoms with Crippen molar-refractivity contribution in [2.45, 2.75) is 31.9 Å². The minimum absolute atomic E-state index is 0.0219. The highest BCUT2D eigenvalue weighted by Gasteiger charge is 2.22. The Bertz CT molecular complexity index is 1240. The number of hydrogen-bond donors (Lipinski definition) is 4. The summed E-state index contributed by atoms with van der Waals surface area (Å²) in [5, 5.41) is 16.2. The average Bonchev–Trinajstić information content (AvgIpc) is 2.83. The first kappa shape index (κ1) is 23.5. The molecule has 4 N–H and O–H groups in total. The molecule has 0 saturated heterocycles. The zero-order valence-corrected chi connectivity index (χ0v) is 19.0. The molecule has 9 heteroatoms. The van der Waals surface area contributed by atoms with Crippen LogP contribution in [0.1, 0.15) is 46.1 Å². The van der Waals surface area contributed by atoms with Gasteiger partial charge in [-0.2, -0.15) is 0 Å². The van der Waals surface area contributed by atoms with Gasteiger partial charge in [0.1, 0.15) is 11.3 Å². The van der Waals surface area contributed by atoms with E-state index in [9.17, 15) is 19.5 Å². The number of fused-ring (bicyclic) bond motifs is 1. The predicted octanol–water partition coefficient (Wildman–Crippen LogP) is 3.35. The van der Waals surface area contributed by atoms with Gasteiger partial charge in [0.25, 0.3) is 17.4 Å². The molecule has 0 saturated carbocycles. The SMILES string of the molecule is O=C(COc1ccc(CNC(=O)c2cc3c([nH]c2=O)CCCC3O)cc1)Nc1ccc(Cl)cc1. The van der Waals surface area contributed by atoms with Crippen LogP contribution in [0.4, 0.5) is 5.69 Å². The lowest BCUT2D eigenvalue weighted by molar-refractivity contribution is -0.118. The summed E-state index contributed by atoms with van der Waals surface area (Å²) < 4.78 is 5.50. The normalized spacial score (nSPS) is 14.7. The van der Waals surface area contributed by atoms with Crippen LogP contribution in [-0.2, 0) is 17.8 Å². The molecule has 0 bridgehead atoms. The van der Waals surface area contributed by atoms with Gasteiger partial charge in [0.05, 0.1) is 6.10 Å². The van der Waals surface area contributed by atoms with Crippen molar-refractivity contribution < 1.29 is 19.4 Å². The van der Waals surface area contributed by atoms with Gasteiger partial charge in [-0.1, -0.05) is 23.7 Å². The number of halogens is 1. The molecule has 34 heavy (non-hydrogen) atoms. The average molecular weight is 482 g/mol. The third-order valence-electron chi connectivity index (χ3n) is 5.54. The summed E-state index contributed by atoms with van der Waals surface area (Å²) in [7, 11) is 0. The number of benzene rings is 2. The van der Waals surface area contributed by atoms with Crippen LogP contribution in [0.25, 0.3) is 0 Å². The van der Waals surface area contributed by atoms with E-state index in [0.717, 1.165) is 12.0 Å². The van der Waals surface area contributed by atoms with Crippen molar-refractivity contribution >= 4 is 29.1 Å². The van der Waals surface area contributed by atoms with Crippen LogP contribution in [0.15, 0.2) is 59.4 Å². The molecule has 1 unspecified atom stereocenters. The number of ether oxygens (including phenoxy) is 1. The Hall–Kier alpha value is -3.62. The Morgan fingerprint density at radius 2 is 1.85 bits per heavy atom. The highest BCUT2D eigenvalue weighted by atomic mass is 35.5. The molecular weight excluding hydrogens is 458 g/mol. The first-order valence-corrected chi connectivity index (χ1v) is 11.3. The van der Waals surface area contributed by atoms with Crippen LogP contribution in [0.2, 0.25) is 5.02 Å². The predicted molar refractivity (Wildman–Crippen MR) is 128 cm³/mol. The second-order valence-corrected chi connectivity index (χ2v) is 8.46. The topological polar surface area (TPSA) is 121 Å². The molecule has 4 rings (SSSR count). The van der Waals surface area contributed by atoms with E-state index in [2.05, 4.69) is 15.6 Å². The van der Waals surface area contributed by atoms with E-state index in [0.29, 0.717) is 40.6 Å². The van der Waals surface area contributed by atoms with Gasteiger partial charge in [0, 0.05) is 28.5 Å². The van der Waals surface area contributed by atoms with E-state index in [1.165, 1.54) is 6.07 Å². The lowest BCUT2D eigenvalue weighted by atomic mass is 9.92. The maximum Gasteiger partial charge on any atom is 0.262 e. The largest absolute Gasteiger partial charge is 0.484 e. The number of H-pyrrole nitrogens is 1. The second kappa shape index (κ2) is 10.5. The van der Waals surface area contributed by atoms with E-state index < -0.39 is 17.6 Å². The zero-order valence-electron chi connectivity index (χ0n) is 18.3. The van der Waals surface area contributed by atoms with Gasteiger partial charge in [-0.3, -0.25) is 14.4 Å². The fourth-order valence-electron chi connectivity index (χ4n) is 3.75. The monoisotopic (exact) mass is 481 g/mol. The first-order chi connectivity index (χ1) is 16.4. The van der Waals surface area contributed by atoms with Gasteiger partial charge in [-0.05, 0) is 67.3 Å². The van der Waals surface area contributed by atoms with E-state index >= 15 is 0 Å². The molecule has 1 aliphatic carbocycles. The van der Waals surface area contributed by atoms with E-state index in [4.69, 9.17) is 16.3 Å². The third-order valence-corrected chi connectivity index (χ3v) is 5.79. The molecule has 0 spiro atoms. The highest BCUT2D eigenvalue weighted by molar-refractivity contribution is 6.30. The molecule has 0 fully saturated rings. The van der Waals surface area contributed by atoms with Crippen molar-refractivity contribution in [1.82, 2.24) is 10.3 Å². The Balaban J connectivity index is 1.29. The molecular formula is C25H24ClN3O5. The van der Waals surface area contributed by atoms with Crippen molar-refractivity contribution in [3.8, 4) is 5.75 Å². The summed E-state index contributed by atoms with van der Waals surface area (Å²) in [6.07, 6.45) is 1.41. The van der Waals surface area contributed by atoms with Crippen molar-refractivity contribution in [3.05, 3.63) is 92.4 Å². The van der Waals surface area contributed by atoms with E-state index in [1.54, 1.807) is 48.5 Å². The maximum absolute atomic E-state index is 12.6. The minimum Gasteiger partial charge on any atom is -0.484 e. The van der Waals surface area contributed by atoms with Gasteiger partial charge >= 0.3 is 0 Å². The number of nitrogens with one attached hydrogen (secondary N) is 3. The highest BCUT2D eigenvalue weighted by Crippen LogP contribution is 2.27. The van der Waals surface area contributed by atoms with Crippen LogP contribution >= 0.6 is 11.6 Å². The maximum atomic E-state index is 12.6. The first-order valence-electron chi connectivity index (χ1n) is 10.9. The molecule has 3 aromatic rings. The van der Waals surface area contributed by atoms with Crippen LogP contribution in [0, 0.1) is 0 Å². The quantitative estimate of drug-likeness (QED) is 0.412. The number of aromatic amines is 1. The lowest BCUT2D eigenvalue weighted by Gasteiger charge is -2.21. The van der Waals surface area contributed by atoms with Crippen LogP contribution < -0.4 is 20.9 Å². The Kier molecular flexibility index (Phi) is 7.30. The standard InChI is InChI=1S/C25H24ClN3O5/c26-16-6-8-17(9-7-16)28-23(31)14-34-18-10-4-15(5-11-18)13-27-24(32)20-12-19-21(29-25(20)33)2-1-3-22(19)30/h4-12,22,30H,1-3,13-14H2,(H,27,32)(H,28,31)(H,29,33). The van der Waals surface area contributed by atoms with Gasteiger partial charge < -0.3 is 25.5 Å². The molecule has 1 aromatic heterocycles. The molecule has 8 nitrogen and oxygen atoms in total. The van der Waals surface area contributed by atoms with Gasteiger partial charge in [0.2, 0.25) is 0 Å². The number of rotatable bonds is 7. The Morgan fingerprint density at radius 1 is 1.12 bits per heavy atom. The molecule has 0 radical (unpaired) electrons. The molecule has 1 atom stereocenters. The Labute approximate surface area is 200 Å². The van der Waals surface area contributed by atoms with Crippen LogP contribution in [0.3, 0.4) is 0 Å². The number of aliphatic hydroxyl groups is 1. The molecule has 2 aromatic carbocycles. The molecule has 176 valence electrons. The fourth-order valence-corrected chi connectivity index (χ4v) is 3.87.